The van der Waals surface area contributed by atoms with Crippen LogP contribution in [0, 0.1) is 13.8 Å². The minimum Gasteiger partial charge on any atom is -0.358 e. The van der Waals surface area contributed by atoms with Crippen LogP contribution < -0.4 is 10.8 Å². The number of fused-ring (bicyclic) bond motifs is 1. The largest absolute Gasteiger partial charge is 0.358 e. The molecule has 1 aliphatic rings. The molecule has 22 heavy (non-hydrogen) atoms. The van der Waals surface area contributed by atoms with E-state index in [1.165, 1.54) is 0 Å². The van der Waals surface area contributed by atoms with Crippen LogP contribution in [0.25, 0.3) is 11.6 Å². The number of carbonyl (C=O) groups excluding carboxylic acids is 2. The van der Waals surface area contributed by atoms with Crippen molar-refractivity contribution in [3.8, 4) is 0 Å². The summed E-state index contributed by atoms with van der Waals surface area (Å²) in [7, 11) is 2.00. The molecule has 1 aromatic carbocycles. The van der Waals surface area contributed by atoms with Crippen molar-refractivity contribution in [1.82, 2.24) is 4.98 Å². The molecule has 0 unspecified atom stereocenters. The maximum atomic E-state index is 12.2. The number of aromatic nitrogens is 1. The molecule has 1 aliphatic heterocycles. The Hall–Kier alpha value is -2.56. The molecule has 1 radical (unpaired) electrons. The van der Waals surface area contributed by atoms with Gasteiger partial charge < -0.3 is 10.3 Å². The maximum Gasteiger partial charge on any atom is 0.256 e. The Kier molecular flexibility index (Phi) is 3.49. The van der Waals surface area contributed by atoms with Gasteiger partial charge in [-0.1, -0.05) is 24.4 Å². The second-order valence-corrected chi connectivity index (χ2v) is 5.43. The van der Waals surface area contributed by atoms with Crippen molar-refractivity contribution in [1.29, 1.82) is 0 Å². The molecular formula is C17H16BN2O2. The average Bonchev–Trinajstić information content (AvgIpc) is 2.96. The van der Waals surface area contributed by atoms with Crippen molar-refractivity contribution < 1.29 is 9.59 Å². The molecule has 109 valence electrons. The van der Waals surface area contributed by atoms with Crippen molar-refractivity contribution >= 4 is 42.3 Å². The summed E-state index contributed by atoms with van der Waals surface area (Å²) in [4.78, 5) is 26.5. The second kappa shape index (κ2) is 5.33. The van der Waals surface area contributed by atoms with E-state index in [4.69, 9.17) is 0 Å². The first kappa shape index (κ1) is 14.4. The monoisotopic (exact) mass is 291 g/mol. The van der Waals surface area contributed by atoms with Crippen LogP contribution in [0.4, 0.5) is 5.69 Å². The van der Waals surface area contributed by atoms with Crippen LogP contribution in [0.15, 0.2) is 18.2 Å². The number of benzene rings is 1. The lowest BCUT2D eigenvalue weighted by molar-refractivity contribution is -0.110. The molecule has 0 aliphatic carbocycles. The summed E-state index contributed by atoms with van der Waals surface area (Å²) in [5, 5.41) is 2.87. The fraction of sp³-hybridized carbons (Fsp3) is 0.176. The molecule has 0 saturated heterocycles. The Labute approximate surface area is 129 Å². The van der Waals surface area contributed by atoms with Crippen LogP contribution in [0.1, 0.15) is 32.9 Å². The number of hydrogen-bond acceptors (Lipinski definition) is 2. The highest BCUT2D eigenvalue weighted by Crippen LogP contribution is 2.33. The van der Waals surface area contributed by atoms with Crippen LogP contribution in [0.3, 0.4) is 0 Å². The minimum atomic E-state index is -0.123. The lowest BCUT2D eigenvalue weighted by Crippen LogP contribution is -2.09. The summed E-state index contributed by atoms with van der Waals surface area (Å²) in [6.07, 6.45) is 2.66. The number of amides is 1. The van der Waals surface area contributed by atoms with E-state index < -0.39 is 0 Å². The zero-order valence-electron chi connectivity index (χ0n) is 12.8. The quantitative estimate of drug-likeness (QED) is 0.518. The fourth-order valence-corrected chi connectivity index (χ4v) is 2.78. The van der Waals surface area contributed by atoms with Gasteiger partial charge >= 0.3 is 0 Å². The Morgan fingerprint density at radius 2 is 2.00 bits per heavy atom. The van der Waals surface area contributed by atoms with Gasteiger partial charge in [0.05, 0.1) is 5.57 Å². The fourth-order valence-electron chi connectivity index (χ4n) is 2.78. The highest BCUT2D eigenvalue weighted by atomic mass is 16.2. The van der Waals surface area contributed by atoms with Gasteiger partial charge in [-0.25, -0.2) is 0 Å². The lowest BCUT2D eigenvalue weighted by atomic mass is 9.72. The molecule has 0 fully saturated rings. The van der Waals surface area contributed by atoms with Crippen LogP contribution in [0.5, 0.6) is 0 Å². The summed E-state index contributed by atoms with van der Waals surface area (Å²) in [6.45, 7) is 5.69. The van der Waals surface area contributed by atoms with Gasteiger partial charge in [-0.3, -0.25) is 9.59 Å². The number of aldehydes is 1. The summed E-state index contributed by atoms with van der Waals surface area (Å²) < 4.78 is 0. The van der Waals surface area contributed by atoms with Crippen LogP contribution in [0.2, 0.25) is 6.82 Å². The topological polar surface area (TPSA) is 62.0 Å². The first-order chi connectivity index (χ1) is 10.5. The average molecular weight is 291 g/mol. The van der Waals surface area contributed by atoms with E-state index in [2.05, 4.69) is 10.3 Å². The number of aromatic amines is 1. The van der Waals surface area contributed by atoms with Crippen molar-refractivity contribution in [2.75, 3.05) is 5.32 Å². The third-order valence-corrected chi connectivity index (χ3v) is 4.10. The lowest BCUT2D eigenvalue weighted by Gasteiger charge is -2.02. The van der Waals surface area contributed by atoms with E-state index in [9.17, 15) is 9.59 Å². The Balaban J connectivity index is 2.13. The first-order valence-corrected chi connectivity index (χ1v) is 7.16. The molecule has 2 heterocycles. The molecule has 2 N–H and O–H groups in total. The van der Waals surface area contributed by atoms with Gasteiger partial charge in [0.1, 0.15) is 7.28 Å². The number of rotatable bonds is 3. The van der Waals surface area contributed by atoms with Gasteiger partial charge in [0.15, 0.2) is 6.29 Å². The van der Waals surface area contributed by atoms with Gasteiger partial charge in [0, 0.05) is 28.2 Å². The number of carbonyl (C=O) groups is 2. The summed E-state index contributed by atoms with van der Waals surface area (Å²) >= 11 is 0. The zero-order valence-corrected chi connectivity index (χ0v) is 12.8. The van der Waals surface area contributed by atoms with Gasteiger partial charge in [0.2, 0.25) is 0 Å². The number of hydrogen-bond donors (Lipinski definition) is 2. The predicted octanol–water partition coefficient (Wildman–Crippen LogP) is 2.31. The standard InChI is InChI=1S/C17H16BN2O2/c1-9-14(8-21)10(2)19-16(9)7-13-12-6-11(18-3)4-5-15(12)20-17(13)22/h4-8,19H,1-3H3,(H,20,22)/b13-7-. The van der Waals surface area contributed by atoms with Crippen LogP contribution >= 0.6 is 0 Å². The Morgan fingerprint density at radius 3 is 2.64 bits per heavy atom. The Morgan fingerprint density at radius 1 is 1.23 bits per heavy atom. The van der Waals surface area contributed by atoms with E-state index in [1.807, 2.05) is 52.2 Å². The summed E-state index contributed by atoms with van der Waals surface area (Å²) in [6, 6.07) is 5.87. The van der Waals surface area contributed by atoms with Gasteiger partial charge in [-0.2, -0.15) is 0 Å². The molecule has 4 nitrogen and oxygen atoms in total. The van der Waals surface area contributed by atoms with E-state index in [0.29, 0.717) is 11.1 Å². The predicted molar refractivity (Wildman–Crippen MR) is 89.8 cm³/mol. The molecule has 0 saturated carbocycles. The van der Waals surface area contributed by atoms with E-state index in [-0.39, 0.29) is 5.91 Å². The zero-order chi connectivity index (χ0) is 15.9. The molecule has 5 heteroatoms. The third-order valence-electron chi connectivity index (χ3n) is 4.10. The highest BCUT2D eigenvalue weighted by molar-refractivity contribution is 6.52. The van der Waals surface area contributed by atoms with Crippen LogP contribution in [-0.2, 0) is 4.79 Å². The first-order valence-electron chi connectivity index (χ1n) is 7.16. The normalized spacial score (nSPS) is 14.9. The number of aryl methyl sites for hydroxylation is 1. The molecule has 3 rings (SSSR count). The number of H-pyrrole nitrogens is 1. The van der Waals surface area contributed by atoms with Gasteiger partial charge in [-0.15, -0.1) is 0 Å². The van der Waals surface area contributed by atoms with Gasteiger partial charge in [-0.05, 0) is 31.6 Å². The smallest absolute Gasteiger partial charge is 0.256 e. The third kappa shape index (κ3) is 2.19. The van der Waals surface area contributed by atoms with E-state index in [0.717, 1.165) is 40.0 Å². The molecule has 0 bridgehead atoms. The van der Waals surface area contributed by atoms with Crippen molar-refractivity contribution in [2.45, 2.75) is 20.7 Å². The minimum absolute atomic E-state index is 0.123. The summed E-state index contributed by atoms with van der Waals surface area (Å²) in [5.41, 5.74) is 6.51. The highest BCUT2D eigenvalue weighted by Gasteiger charge is 2.25. The molecule has 0 atom stereocenters. The Bertz CT molecular complexity index is 818. The maximum absolute atomic E-state index is 12.2. The van der Waals surface area contributed by atoms with Crippen molar-refractivity contribution in [2.24, 2.45) is 0 Å². The number of nitrogens with one attached hydrogen (secondary N) is 2. The summed E-state index contributed by atoms with van der Waals surface area (Å²) in [5.74, 6) is -0.123. The number of anilines is 1. The molecule has 1 aromatic heterocycles. The van der Waals surface area contributed by atoms with Crippen molar-refractivity contribution in [3.05, 3.63) is 46.3 Å². The SMILES string of the molecule is C[B]c1ccc2c(c1)/C(=C/c1[nH]c(C)c(C=O)c1C)C(=O)N2. The van der Waals surface area contributed by atoms with Gasteiger partial charge in [0.25, 0.3) is 5.91 Å². The molecule has 2 aromatic rings. The molecule has 0 spiro atoms. The second-order valence-electron chi connectivity index (χ2n) is 5.43. The van der Waals surface area contributed by atoms with E-state index >= 15 is 0 Å². The van der Waals surface area contributed by atoms with E-state index in [1.54, 1.807) is 0 Å². The van der Waals surface area contributed by atoms with Crippen LogP contribution in [-0.4, -0.2) is 24.5 Å². The molecular weight excluding hydrogens is 275 g/mol. The molecule has 1 amide bonds. The van der Waals surface area contributed by atoms with Crippen molar-refractivity contribution in [3.63, 3.8) is 0 Å².